The Morgan fingerprint density at radius 2 is 1.69 bits per heavy atom. The second-order valence-corrected chi connectivity index (χ2v) is 10.7. The van der Waals surface area contributed by atoms with E-state index in [1.807, 2.05) is 20.8 Å². The summed E-state index contributed by atoms with van der Waals surface area (Å²) in [5, 5.41) is 5.48. The highest BCUT2D eigenvalue weighted by atomic mass is 32.2. The van der Waals surface area contributed by atoms with Crippen molar-refractivity contribution in [2.45, 2.75) is 68.8 Å². The molecule has 164 valence electrons. The number of benzene rings is 1. The average Bonchev–Trinajstić information content (AvgIpc) is 2.64. The van der Waals surface area contributed by atoms with Crippen LogP contribution in [0.5, 0.6) is 0 Å². The van der Waals surface area contributed by atoms with E-state index in [9.17, 15) is 26.4 Å². The third-order valence-corrected chi connectivity index (χ3v) is 7.39. The van der Waals surface area contributed by atoms with Gasteiger partial charge in [-0.05, 0) is 43.9 Å². The van der Waals surface area contributed by atoms with Gasteiger partial charge in [0.25, 0.3) is 0 Å². The maximum Gasteiger partial charge on any atom is 0.416 e. The van der Waals surface area contributed by atoms with Gasteiger partial charge in [0.2, 0.25) is 5.91 Å². The molecule has 2 rings (SSSR count). The third kappa shape index (κ3) is 6.44. The fraction of sp³-hybridized carbons (Fsp3) is 0.650. The number of carbonyl (C=O) groups excluding carboxylic acids is 1. The summed E-state index contributed by atoms with van der Waals surface area (Å²) in [5.74, 6) is -0.0322. The normalized spacial score (nSPS) is 21.0. The molecule has 1 aromatic rings. The minimum Gasteiger partial charge on any atom is -0.354 e. The lowest BCUT2D eigenvalue weighted by molar-refractivity contribution is -0.137. The number of hydrogen-bond donors (Lipinski definition) is 2. The second kappa shape index (κ2) is 9.04. The Hall–Kier alpha value is -1.61. The van der Waals surface area contributed by atoms with E-state index in [1.54, 1.807) is 0 Å². The molecule has 1 fully saturated rings. The lowest BCUT2D eigenvalue weighted by Gasteiger charge is -2.29. The third-order valence-electron chi connectivity index (χ3n) is 5.13. The summed E-state index contributed by atoms with van der Waals surface area (Å²) in [6.07, 6.45) is -2.54. The summed E-state index contributed by atoms with van der Waals surface area (Å²) in [6, 6.07) is 4.09. The first-order valence-electron chi connectivity index (χ1n) is 9.74. The van der Waals surface area contributed by atoms with Crippen LogP contribution in [0.2, 0.25) is 0 Å². The van der Waals surface area contributed by atoms with Gasteiger partial charge in [-0.2, -0.15) is 13.2 Å². The van der Waals surface area contributed by atoms with E-state index in [-0.39, 0.29) is 16.8 Å². The smallest absolute Gasteiger partial charge is 0.354 e. The van der Waals surface area contributed by atoms with E-state index in [1.165, 1.54) is 6.07 Å². The van der Waals surface area contributed by atoms with Crippen LogP contribution in [0.3, 0.4) is 0 Å². The lowest BCUT2D eigenvalue weighted by atomic mass is 9.95. The number of alkyl halides is 3. The van der Waals surface area contributed by atoms with E-state index in [0.717, 1.165) is 18.2 Å². The van der Waals surface area contributed by atoms with E-state index in [2.05, 4.69) is 10.6 Å². The Bertz CT molecular complexity index is 809. The van der Waals surface area contributed by atoms with Gasteiger partial charge in [0.15, 0.2) is 9.84 Å². The predicted octanol–water partition coefficient (Wildman–Crippen LogP) is 3.54. The number of amides is 1. The summed E-state index contributed by atoms with van der Waals surface area (Å²) in [7, 11) is -3.81. The maximum absolute atomic E-state index is 12.9. The van der Waals surface area contributed by atoms with Crippen LogP contribution >= 0.6 is 0 Å². The molecule has 0 saturated heterocycles. The highest BCUT2D eigenvalue weighted by Gasteiger charge is 2.35. The standard InChI is InChI=1S/C20H29F3N2O3S/c1-19(2,3)18(26)25-12-11-24-15-7-9-16(10-8-15)29(27,28)17-6-4-5-14(13-17)20(21,22)23/h4-6,13,15-16,24H,7-12H2,1-3H3,(H,25,26)/t15-,16-. The number of sulfone groups is 1. The highest BCUT2D eigenvalue weighted by Crippen LogP contribution is 2.33. The van der Waals surface area contributed by atoms with Crippen LogP contribution in [0.4, 0.5) is 13.2 Å². The van der Waals surface area contributed by atoms with Gasteiger partial charge >= 0.3 is 6.18 Å². The molecule has 1 aliphatic carbocycles. The van der Waals surface area contributed by atoms with Crippen LogP contribution in [0, 0.1) is 5.41 Å². The van der Waals surface area contributed by atoms with Gasteiger partial charge in [0.1, 0.15) is 0 Å². The van der Waals surface area contributed by atoms with Crippen LogP contribution in [-0.2, 0) is 20.8 Å². The molecule has 0 bridgehead atoms. The molecule has 1 saturated carbocycles. The van der Waals surface area contributed by atoms with Gasteiger partial charge in [-0.25, -0.2) is 8.42 Å². The Morgan fingerprint density at radius 3 is 2.24 bits per heavy atom. The lowest BCUT2D eigenvalue weighted by Crippen LogP contribution is -2.42. The SMILES string of the molecule is CC(C)(C)C(=O)NCCN[C@H]1CC[C@H](S(=O)(=O)c2cccc(C(F)(F)F)c2)CC1. The molecule has 0 spiro atoms. The van der Waals surface area contributed by atoms with Gasteiger partial charge in [-0.1, -0.05) is 26.8 Å². The largest absolute Gasteiger partial charge is 0.416 e. The Balaban J connectivity index is 1.86. The molecule has 0 atom stereocenters. The van der Waals surface area contributed by atoms with Gasteiger partial charge in [0.05, 0.1) is 15.7 Å². The quantitative estimate of drug-likeness (QED) is 0.672. The first kappa shape index (κ1) is 23.7. The zero-order chi connectivity index (χ0) is 21.9. The zero-order valence-electron chi connectivity index (χ0n) is 17.0. The number of nitrogens with one attached hydrogen (secondary N) is 2. The van der Waals surface area contributed by atoms with Crippen molar-refractivity contribution in [3.8, 4) is 0 Å². The van der Waals surface area contributed by atoms with Crippen LogP contribution < -0.4 is 10.6 Å². The van der Waals surface area contributed by atoms with Gasteiger partial charge in [0, 0.05) is 24.5 Å². The first-order valence-corrected chi connectivity index (χ1v) is 11.3. The van der Waals surface area contributed by atoms with E-state index < -0.39 is 32.2 Å². The zero-order valence-corrected chi connectivity index (χ0v) is 17.8. The molecule has 29 heavy (non-hydrogen) atoms. The minimum atomic E-state index is -4.57. The molecule has 1 aromatic carbocycles. The topological polar surface area (TPSA) is 75.3 Å². The van der Waals surface area contributed by atoms with Crippen molar-refractivity contribution in [3.05, 3.63) is 29.8 Å². The molecule has 0 radical (unpaired) electrons. The molecule has 5 nitrogen and oxygen atoms in total. The van der Waals surface area contributed by atoms with E-state index >= 15 is 0 Å². The Labute approximate surface area is 170 Å². The molecule has 0 heterocycles. The molecule has 1 aliphatic rings. The van der Waals surface area contributed by atoms with Gasteiger partial charge < -0.3 is 10.6 Å². The average molecular weight is 435 g/mol. The highest BCUT2D eigenvalue weighted by molar-refractivity contribution is 7.92. The Morgan fingerprint density at radius 1 is 1.07 bits per heavy atom. The van der Waals surface area contributed by atoms with Crippen LogP contribution in [0.15, 0.2) is 29.2 Å². The molecular weight excluding hydrogens is 405 g/mol. The molecular formula is C20H29F3N2O3S. The summed E-state index contributed by atoms with van der Waals surface area (Å²) in [5.41, 5.74) is -1.40. The number of halogens is 3. The Kier molecular flexibility index (Phi) is 7.37. The predicted molar refractivity (Wildman–Crippen MR) is 105 cm³/mol. The van der Waals surface area contributed by atoms with Crippen molar-refractivity contribution in [3.63, 3.8) is 0 Å². The monoisotopic (exact) mass is 434 g/mol. The van der Waals surface area contributed by atoms with Crippen molar-refractivity contribution in [2.75, 3.05) is 13.1 Å². The summed E-state index contributed by atoms with van der Waals surface area (Å²) < 4.78 is 64.2. The number of hydrogen-bond acceptors (Lipinski definition) is 4. The maximum atomic E-state index is 12.9. The second-order valence-electron chi connectivity index (χ2n) is 8.50. The van der Waals surface area contributed by atoms with Crippen LogP contribution in [-0.4, -0.2) is 38.7 Å². The van der Waals surface area contributed by atoms with Crippen molar-refractivity contribution in [1.29, 1.82) is 0 Å². The number of rotatable bonds is 6. The molecule has 9 heteroatoms. The molecule has 0 aliphatic heterocycles. The van der Waals surface area contributed by atoms with Crippen molar-refractivity contribution in [1.82, 2.24) is 10.6 Å². The van der Waals surface area contributed by atoms with Crippen molar-refractivity contribution in [2.24, 2.45) is 5.41 Å². The summed E-state index contributed by atoms with van der Waals surface area (Å²) in [4.78, 5) is 11.5. The first-order chi connectivity index (χ1) is 13.3. The van der Waals surface area contributed by atoms with Gasteiger partial charge in [-0.3, -0.25) is 4.79 Å². The fourth-order valence-electron chi connectivity index (χ4n) is 3.34. The van der Waals surface area contributed by atoms with Crippen molar-refractivity contribution < 1.29 is 26.4 Å². The van der Waals surface area contributed by atoms with E-state index in [4.69, 9.17) is 0 Å². The molecule has 1 amide bonds. The van der Waals surface area contributed by atoms with Gasteiger partial charge in [-0.15, -0.1) is 0 Å². The van der Waals surface area contributed by atoms with E-state index in [0.29, 0.717) is 38.8 Å². The number of carbonyl (C=O) groups is 1. The van der Waals surface area contributed by atoms with Crippen LogP contribution in [0.25, 0.3) is 0 Å². The fourth-order valence-corrected chi connectivity index (χ4v) is 5.17. The summed E-state index contributed by atoms with van der Waals surface area (Å²) in [6.45, 7) is 6.57. The summed E-state index contributed by atoms with van der Waals surface area (Å²) >= 11 is 0. The molecule has 0 unspecified atom stereocenters. The minimum absolute atomic E-state index is 0.0322. The molecule has 2 N–H and O–H groups in total. The van der Waals surface area contributed by atoms with Crippen LogP contribution in [0.1, 0.15) is 52.0 Å². The van der Waals surface area contributed by atoms with Crippen molar-refractivity contribution >= 4 is 15.7 Å². The molecule has 0 aromatic heterocycles.